The first-order valence-corrected chi connectivity index (χ1v) is 15.8. The Morgan fingerprint density at radius 1 is 0.681 bits per heavy atom. The van der Waals surface area contributed by atoms with Crippen molar-refractivity contribution in [1.29, 1.82) is 0 Å². The number of nitrogens with one attached hydrogen (secondary N) is 1. The highest BCUT2D eigenvalue weighted by molar-refractivity contribution is 6.23. The van der Waals surface area contributed by atoms with Gasteiger partial charge in [0.2, 0.25) is 11.8 Å². The van der Waals surface area contributed by atoms with Gasteiger partial charge in [0, 0.05) is 17.5 Å². The Morgan fingerprint density at radius 2 is 1.23 bits per heavy atom. The first kappa shape index (κ1) is 30.1. The number of benzene rings is 4. The molecule has 4 aliphatic rings. The first-order valence-electron chi connectivity index (χ1n) is 15.8. The van der Waals surface area contributed by atoms with E-state index in [4.69, 9.17) is 9.47 Å². The fraction of sp³-hybridized carbons (Fsp3) is 0.237. The molecular formula is C38H32N2O7. The van der Waals surface area contributed by atoms with Crippen LogP contribution < -0.4 is 10.2 Å². The zero-order valence-electron chi connectivity index (χ0n) is 25.7. The zero-order valence-corrected chi connectivity index (χ0v) is 25.7. The van der Waals surface area contributed by atoms with Gasteiger partial charge < -0.3 is 14.8 Å². The molecule has 0 radical (unpaired) electrons. The van der Waals surface area contributed by atoms with Gasteiger partial charge in [0.1, 0.15) is 0 Å². The highest BCUT2D eigenvalue weighted by Gasteiger charge is 2.61. The zero-order chi connectivity index (χ0) is 32.7. The Balaban J connectivity index is 1.03. The topological polar surface area (TPSA) is 119 Å². The van der Waals surface area contributed by atoms with Crippen LogP contribution in [0.5, 0.6) is 0 Å². The van der Waals surface area contributed by atoms with Crippen LogP contribution in [0.25, 0.3) is 0 Å². The number of imide groups is 1. The SMILES string of the molecule is CCCCOC(=O)c1ccc(NC(=O)COC(=O)c2cccc(N3C(=O)[C@@H]4C5c6ccccc6C(c6ccccc65)[C@H]4C3=O)c2)cc1. The van der Waals surface area contributed by atoms with Crippen LogP contribution in [-0.2, 0) is 23.9 Å². The van der Waals surface area contributed by atoms with Crippen molar-refractivity contribution < 1.29 is 33.4 Å². The minimum absolute atomic E-state index is 0.103. The molecule has 47 heavy (non-hydrogen) atoms. The lowest BCUT2D eigenvalue weighted by Gasteiger charge is -2.45. The van der Waals surface area contributed by atoms with Crippen LogP contribution in [0.4, 0.5) is 11.4 Å². The second-order valence-electron chi connectivity index (χ2n) is 12.0. The third-order valence-electron chi connectivity index (χ3n) is 9.26. The van der Waals surface area contributed by atoms with Gasteiger partial charge >= 0.3 is 11.9 Å². The maximum Gasteiger partial charge on any atom is 0.338 e. The molecule has 3 aliphatic carbocycles. The third-order valence-corrected chi connectivity index (χ3v) is 9.26. The largest absolute Gasteiger partial charge is 0.462 e. The number of hydrogen-bond acceptors (Lipinski definition) is 7. The van der Waals surface area contributed by atoms with Crippen LogP contribution in [0.1, 0.15) is 74.6 Å². The Kier molecular flexibility index (Phi) is 7.89. The molecule has 2 bridgehead atoms. The summed E-state index contributed by atoms with van der Waals surface area (Å²) in [5.41, 5.74) is 5.49. The number of hydrogen-bond donors (Lipinski definition) is 1. The number of carbonyl (C=O) groups is 5. The molecule has 2 atom stereocenters. The average Bonchev–Trinajstić information content (AvgIpc) is 3.37. The summed E-state index contributed by atoms with van der Waals surface area (Å²) in [6.07, 6.45) is 1.70. The fourth-order valence-corrected chi connectivity index (χ4v) is 7.20. The Morgan fingerprint density at radius 3 is 1.79 bits per heavy atom. The summed E-state index contributed by atoms with van der Waals surface area (Å²) >= 11 is 0. The molecule has 1 fully saturated rings. The monoisotopic (exact) mass is 628 g/mol. The lowest BCUT2D eigenvalue weighted by Crippen LogP contribution is -2.41. The number of esters is 2. The van der Waals surface area contributed by atoms with Gasteiger partial charge in [0.15, 0.2) is 6.61 Å². The van der Waals surface area contributed by atoms with E-state index in [0.29, 0.717) is 17.9 Å². The van der Waals surface area contributed by atoms with Crippen molar-refractivity contribution in [2.24, 2.45) is 11.8 Å². The van der Waals surface area contributed by atoms with E-state index in [1.54, 1.807) is 36.4 Å². The van der Waals surface area contributed by atoms with Crippen molar-refractivity contribution in [3.8, 4) is 0 Å². The molecule has 1 saturated heterocycles. The molecule has 3 amide bonds. The van der Waals surface area contributed by atoms with Gasteiger partial charge in [-0.2, -0.15) is 0 Å². The summed E-state index contributed by atoms with van der Waals surface area (Å²) < 4.78 is 10.4. The summed E-state index contributed by atoms with van der Waals surface area (Å²) in [5.74, 6) is -3.92. The number of amides is 3. The van der Waals surface area contributed by atoms with E-state index in [1.165, 1.54) is 17.0 Å². The summed E-state index contributed by atoms with van der Waals surface area (Å²) in [6.45, 7) is 1.79. The molecule has 236 valence electrons. The van der Waals surface area contributed by atoms with E-state index in [1.807, 2.05) is 55.5 Å². The quantitative estimate of drug-likeness (QED) is 0.141. The molecule has 1 heterocycles. The molecule has 1 aliphatic heterocycles. The number of ether oxygens (including phenoxy) is 2. The molecule has 0 spiro atoms. The molecule has 4 aromatic rings. The van der Waals surface area contributed by atoms with Gasteiger partial charge in [-0.3, -0.25) is 14.4 Å². The number of rotatable bonds is 9. The summed E-state index contributed by atoms with van der Waals surface area (Å²) in [6, 6.07) is 28.4. The second-order valence-corrected chi connectivity index (χ2v) is 12.0. The summed E-state index contributed by atoms with van der Waals surface area (Å²) in [7, 11) is 0. The van der Waals surface area contributed by atoms with Crippen LogP contribution in [0.3, 0.4) is 0 Å². The van der Waals surface area contributed by atoms with E-state index in [2.05, 4.69) is 5.32 Å². The first-order chi connectivity index (χ1) is 22.9. The minimum Gasteiger partial charge on any atom is -0.462 e. The average molecular weight is 629 g/mol. The van der Waals surface area contributed by atoms with Crippen LogP contribution in [-0.4, -0.2) is 42.9 Å². The van der Waals surface area contributed by atoms with Crippen molar-refractivity contribution in [3.05, 3.63) is 130 Å². The van der Waals surface area contributed by atoms with Crippen molar-refractivity contribution in [2.75, 3.05) is 23.4 Å². The van der Waals surface area contributed by atoms with Gasteiger partial charge in [-0.05, 0) is 71.1 Å². The summed E-state index contributed by atoms with van der Waals surface area (Å²) in [4.78, 5) is 66.9. The Bertz CT molecular complexity index is 1800. The molecular weight excluding hydrogens is 596 g/mol. The van der Waals surface area contributed by atoms with E-state index < -0.39 is 36.3 Å². The molecule has 4 aromatic carbocycles. The van der Waals surface area contributed by atoms with E-state index in [0.717, 1.165) is 35.1 Å². The number of carbonyl (C=O) groups excluding carboxylic acids is 5. The van der Waals surface area contributed by atoms with Crippen LogP contribution in [0.15, 0.2) is 97.1 Å². The Labute approximate surface area is 271 Å². The smallest absolute Gasteiger partial charge is 0.338 e. The highest BCUT2D eigenvalue weighted by Crippen LogP contribution is 2.61. The molecule has 1 N–H and O–H groups in total. The van der Waals surface area contributed by atoms with E-state index in [-0.39, 0.29) is 34.9 Å². The van der Waals surface area contributed by atoms with Crippen LogP contribution in [0, 0.1) is 11.8 Å². The minimum atomic E-state index is -0.774. The molecule has 0 aromatic heterocycles. The maximum atomic E-state index is 14.1. The fourth-order valence-electron chi connectivity index (χ4n) is 7.20. The van der Waals surface area contributed by atoms with Crippen molar-refractivity contribution in [3.63, 3.8) is 0 Å². The van der Waals surface area contributed by atoms with Crippen LogP contribution in [0.2, 0.25) is 0 Å². The normalized spacial score (nSPS) is 20.2. The van der Waals surface area contributed by atoms with E-state index in [9.17, 15) is 24.0 Å². The van der Waals surface area contributed by atoms with Gasteiger partial charge in [0.25, 0.3) is 5.91 Å². The Hall–Kier alpha value is -5.57. The predicted molar refractivity (Wildman–Crippen MR) is 173 cm³/mol. The van der Waals surface area contributed by atoms with Gasteiger partial charge in [0.05, 0.1) is 35.3 Å². The molecule has 0 saturated carbocycles. The van der Waals surface area contributed by atoms with Gasteiger partial charge in [-0.25, -0.2) is 14.5 Å². The van der Waals surface area contributed by atoms with Crippen molar-refractivity contribution >= 4 is 41.0 Å². The van der Waals surface area contributed by atoms with Gasteiger partial charge in [-0.1, -0.05) is 67.9 Å². The van der Waals surface area contributed by atoms with Gasteiger partial charge in [-0.15, -0.1) is 0 Å². The highest BCUT2D eigenvalue weighted by atomic mass is 16.5. The number of nitrogens with zero attached hydrogens (tertiary/aromatic N) is 1. The maximum absolute atomic E-state index is 14.1. The second kappa shape index (κ2) is 12.3. The lowest BCUT2D eigenvalue weighted by molar-refractivity contribution is -0.122. The molecule has 8 rings (SSSR count). The van der Waals surface area contributed by atoms with E-state index >= 15 is 0 Å². The number of unbranched alkanes of at least 4 members (excludes halogenated alkanes) is 1. The molecule has 9 heteroatoms. The number of anilines is 2. The molecule has 9 nitrogen and oxygen atoms in total. The third kappa shape index (κ3) is 5.27. The standard InChI is InChI=1S/C38H32N2O7/c1-2-3-19-46-37(44)22-15-17-24(18-16-22)39-30(41)21-47-38(45)23-9-8-10-25(20-23)40-35(42)33-31-26-11-4-5-12-27(26)32(34(33)36(40)43)29-14-7-6-13-28(29)31/h4-18,20,31-34H,2-3,19,21H2,1H3,(H,39,41)/t31?,32?,33-,34-/m1/s1. The van der Waals surface area contributed by atoms with Crippen LogP contribution >= 0.6 is 0 Å². The van der Waals surface area contributed by atoms with Crippen molar-refractivity contribution in [2.45, 2.75) is 31.6 Å². The summed E-state index contributed by atoms with van der Waals surface area (Å²) in [5, 5.41) is 2.63. The molecule has 0 unspecified atom stereocenters. The predicted octanol–water partition coefficient (Wildman–Crippen LogP) is 5.84. The lowest BCUT2D eigenvalue weighted by atomic mass is 9.55. The van der Waals surface area contributed by atoms with Crippen molar-refractivity contribution in [1.82, 2.24) is 0 Å².